The third kappa shape index (κ3) is 5.37. The number of Topliss-reactive ketones (excluding diaryl/α,β-unsaturated/α-hetero) is 1. The van der Waals surface area contributed by atoms with Crippen LogP contribution in [0.3, 0.4) is 0 Å². The number of ketones is 1. The molecule has 0 aliphatic carbocycles. The molecule has 7 nitrogen and oxygen atoms in total. The summed E-state index contributed by atoms with van der Waals surface area (Å²) in [6, 6.07) is 13.9. The average Bonchev–Trinajstić information content (AvgIpc) is 3.03. The maximum Gasteiger partial charge on any atom is 0.295 e. The molecule has 7 heteroatoms. The monoisotopic (exact) mass is 452 g/mol. The Morgan fingerprint density at radius 2 is 1.82 bits per heavy atom. The first kappa shape index (κ1) is 24.3. The molecule has 0 saturated carbocycles. The Labute approximate surface area is 195 Å². The lowest BCUT2D eigenvalue weighted by Crippen LogP contribution is -2.31. The third-order valence-electron chi connectivity index (χ3n) is 5.49. The predicted molar refractivity (Wildman–Crippen MR) is 128 cm³/mol. The van der Waals surface area contributed by atoms with Crippen molar-refractivity contribution in [1.82, 2.24) is 4.90 Å². The van der Waals surface area contributed by atoms with Crippen molar-refractivity contribution in [1.29, 1.82) is 0 Å². The number of benzene rings is 2. The number of likely N-dealkylation sites (tertiary alicyclic amines) is 1. The van der Waals surface area contributed by atoms with Gasteiger partial charge in [0.2, 0.25) is 0 Å². The molecular weight excluding hydrogens is 420 g/mol. The summed E-state index contributed by atoms with van der Waals surface area (Å²) in [4.78, 5) is 29.6. The number of hydrogen-bond donors (Lipinski definition) is 1. The van der Waals surface area contributed by atoms with E-state index in [9.17, 15) is 14.7 Å². The average molecular weight is 453 g/mol. The van der Waals surface area contributed by atoms with Crippen LogP contribution in [0.1, 0.15) is 37.4 Å². The quantitative estimate of drug-likeness (QED) is 0.268. The molecule has 2 aromatic rings. The maximum absolute atomic E-state index is 13.1. The SMILES string of the molecule is COCCCN1C(=O)C(=O)/C(=C(\O)c2cccc(OC(C)C)c2)C1c1ccc(N(C)C)cc1. The topological polar surface area (TPSA) is 79.3 Å². The molecule has 0 spiro atoms. The zero-order valence-corrected chi connectivity index (χ0v) is 19.9. The zero-order chi connectivity index (χ0) is 24.1. The van der Waals surface area contributed by atoms with E-state index in [4.69, 9.17) is 9.47 Å². The van der Waals surface area contributed by atoms with Crippen LogP contribution in [0.5, 0.6) is 5.75 Å². The highest BCUT2D eigenvalue weighted by Gasteiger charge is 2.45. The molecule has 1 N–H and O–H groups in total. The van der Waals surface area contributed by atoms with Crippen molar-refractivity contribution in [2.24, 2.45) is 0 Å². The van der Waals surface area contributed by atoms with E-state index in [0.29, 0.717) is 30.9 Å². The van der Waals surface area contributed by atoms with Crippen molar-refractivity contribution in [3.63, 3.8) is 0 Å². The Balaban J connectivity index is 2.09. The standard InChI is InChI=1S/C26H32N2O5/c1-17(2)33-21-9-6-8-19(16-21)24(29)22-23(18-10-12-20(13-11-18)27(3)4)28(14-7-15-32-5)26(31)25(22)30/h6,8-13,16-17,23,29H,7,14-15H2,1-5H3/b24-22-. The fourth-order valence-electron chi connectivity index (χ4n) is 3.94. The minimum Gasteiger partial charge on any atom is -0.507 e. The number of carbonyl (C=O) groups excluding carboxylic acids is 2. The van der Waals surface area contributed by atoms with Crippen molar-refractivity contribution < 1.29 is 24.2 Å². The molecule has 1 unspecified atom stereocenters. The predicted octanol–water partition coefficient (Wildman–Crippen LogP) is 4.00. The van der Waals surface area contributed by atoms with Gasteiger partial charge in [-0.3, -0.25) is 9.59 Å². The van der Waals surface area contributed by atoms with E-state index in [2.05, 4.69) is 0 Å². The van der Waals surface area contributed by atoms with Gasteiger partial charge in [0.15, 0.2) is 0 Å². The van der Waals surface area contributed by atoms with Crippen LogP contribution in [-0.2, 0) is 14.3 Å². The number of hydrogen-bond acceptors (Lipinski definition) is 6. The number of ether oxygens (including phenoxy) is 2. The van der Waals surface area contributed by atoms with E-state index in [0.717, 1.165) is 11.3 Å². The van der Waals surface area contributed by atoms with Crippen LogP contribution in [0.4, 0.5) is 5.69 Å². The van der Waals surface area contributed by atoms with Crippen LogP contribution < -0.4 is 9.64 Å². The number of anilines is 1. The van der Waals surface area contributed by atoms with E-state index in [1.807, 2.05) is 57.1 Å². The van der Waals surface area contributed by atoms with Gasteiger partial charge in [-0.25, -0.2) is 0 Å². The van der Waals surface area contributed by atoms with Gasteiger partial charge < -0.3 is 24.4 Å². The lowest BCUT2D eigenvalue weighted by atomic mass is 9.95. The van der Waals surface area contributed by atoms with Crippen LogP contribution in [0.25, 0.3) is 5.76 Å². The summed E-state index contributed by atoms with van der Waals surface area (Å²) in [5.74, 6) is -0.945. The lowest BCUT2D eigenvalue weighted by molar-refractivity contribution is -0.140. The molecule has 1 saturated heterocycles. The van der Waals surface area contributed by atoms with E-state index in [1.165, 1.54) is 4.90 Å². The van der Waals surface area contributed by atoms with Crippen molar-refractivity contribution in [3.05, 3.63) is 65.2 Å². The number of methoxy groups -OCH3 is 1. The van der Waals surface area contributed by atoms with Gasteiger partial charge in [-0.1, -0.05) is 24.3 Å². The van der Waals surface area contributed by atoms with Gasteiger partial charge in [0.1, 0.15) is 11.5 Å². The highest BCUT2D eigenvalue weighted by molar-refractivity contribution is 6.46. The molecule has 0 aromatic heterocycles. The number of rotatable bonds is 9. The van der Waals surface area contributed by atoms with Gasteiger partial charge in [0, 0.05) is 45.6 Å². The summed E-state index contributed by atoms with van der Waals surface area (Å²) < 4.78 is 10.9. The minimum absolute atomic E-state index is 0.0380. The van der Waals surface area contributed by atoms with Gasteiger partial charge in [-0.05, 0) is 50.1 Å². The van der Waals surface area contributed by atoms with Crippen LogP contribution in [0.2, 0.25) is 0 Å². The molecule has 2 aromatic carbocycles. The largest absolute Gasteiger partial charge is 0.507 e. The van der Waals surface area contributed by atoms with Gasteiger partial charge in [-0.2, -0.15) is 0 Å². The highest BCUT2D eigenvalue weighted by Crippen LogP contribution is 2.40. The summed E-state index contributed by atoms with van der Waals surface area (Å²) in [5.41, 5.74) is 2.26. The Bertz CT molecular complexity index is 1030. The Morgan fingerprint density at radius 1 is 1.12 bits per heavy atom. The molecule has 1 heterocycles. The molecular formula is C26H32N2O5. The first-order valence-corrected chi connectivity index (χ1v) is 11.1. The van der Waals surface area contributed by atoms with Gasteiger partial charge in [-0.15, -0.1) is 0 Å². The summed E-state index contributed by atoms with van der Waals surface area (Å²) in [6.45, 7) is 4.63. The van der Waals surface area contributed by atoms with Gasteiger partial charge in [0.05, 0.1) is 17.7 Å². The number of nitrogens with zero attached hydrogens (tertiary/aromatic N) is 2. The number of amides is 1. The molecule has 1 amide bonds. The van der Waals surface area contributed by atoms with Crippen LogP contribution in [0.15, 0.2) is 54.1 Å². The van der Waals surface area contributed by atoms with Crippen molar-refractivity contribution in [2.75, 3.05) is 39.3 Å². The first-order valence-electron chi connectivity index (χ1n) is 11.1. The number of aliphatic hydroxyl groups is 1. The molecule has 1 atom stereocenters. The maximum atomic E-state index is 13.1. The van der Waals surface area contributed by atoms with Crippen molar-refractivity contribution in [3.8, 4) is 5.75 Å². The second kappa shape index (κ2) is 10.5. The molecule has 176 valence electrons. The Morgan fingerprint density at radius 3 is 2.42 bits per heavy atom. The second-order valence-corrected chi connectivity index (χ2v) is 8.52. The molecule has 33 heavy (non-hydrogen) atoms. The zero-order valence-electron chi connectivity index (χ0n) is 19.9. The summed E-state index contributed by atoms with van der Waals surface area (Å²) in [5, 5.41) is 11.2. The smallest absolute Gasteiger partial charge is 0.295 e. The highest BCUT2D eigenvalue weighted by atomic mass is 16.5. The summed E-state index contributed by atoms with van der Waals surface area (Å²) in [6.07, 6.45) is 0.539. The molecule has 0 bridgehead atoms. The van der Waals surface area contributed by atoms with Crippen LogP contribution in [0, 0.1) is 0 Å². The Kier molecular flexibility index (Phi) is 7.76. The minimum atomic E-state index is -0.693. The fraction of sp³-hybridized carbons (Fsp3) is 0.385. The summed E-state index contributed by atoms with van der Waals surface area (Å²) in [7, 11) is 5.48. The molecule has 1 aliphatic heterocycles. The number of carbonyl (C=O) groups is 2. The molecule has 3 rings (SSSR count). The molecule has 1 fully saturated rings. The fourth-order valence-corrected chi connectivity index (χ4v) is 3.94. The van der Waals surface area contributed by atoms with E-state index in [1.54, 1.807) is 31.4 Å². The van der Waals surface area contributed by atoms with E-state index in [-0.39, 0.29) is 17.4 Å². The lowest BCUT2D eigenvalue weighted by Gasteiger charge is -2.26. The molecule has 1 aliphatic rings. The Hall–Kier alpha value is -3.32. The van der Waals surface area contributed by atoms with Crippen LogP contribution >= 0.6 is 0 Å². The van der Waals surface area contributed by atoms with E-state index < -0.39 is 17.7 Å². The summed E-state index contributed by atoms with van der Waals surface area (Å²) >= 11 is 0. The van der Waals surface area contributed by atoms with Crippen molar-refractivity contribution >= 4 is 23.1 Å². The molecule has 0 radical (unpaired) electrons. The van der Waals surface area contributed by atoms with Gasteiger partial charge in [0.25, 0.3) is 11.7 Å². The first-order chi connectivity index (χ1) is 15.7. The normalized spacial score (nSPS) is 17.6. The van der Waals surface area contributed by atoms with Crippen LogP contribution in [-0.4, -0.2) is 62.2 Å². The third-order valence-corrected chi connectivity index (χ3v) is 5.49. The van der Waals surface area contributed by atoms with E-state index >= 15 is 0 Å². The number of aliphatic hydroxyl groups excluding tert-OH is 1. The second-order valence-electron chi connectivity index (χ2n) is 8.52. The van der Waals surface area contributed by atoms with Gasteiger partial charge >= 0.3 is 0 Å². The van der Waals surface area contributed by atoms with Crippen molar-refractivity contribution in [2.45, 2.75) is 32.4 Å².